The third kappa shape index (κ3) is 3.75. The maximum absolute atomic E-state index is 4.47. The van der Waals surface area contributed by atoms with E-state index in [0.29, 0.717) is 11.3 Å². The first-order chi connectivity index (χ1) is 12.6. The quantitative estimate of drug-likeness (QED) is 0.831. The SMILES string of the molecule is CC(C)c1ccc(CN2CC[C@]3(CCCN(c4ncccn4)C3)C2)cc1. The summed E-state index contributed by atoms with van der Waals surface area (Å²) in [5.41, 5.74) is 3.28. The first-order valence-corrected chi connectivity index (χ1v) is 9.97. The lowest BCUT2D eigenvalue weighted by Gasteiger charge is -2.40. The molecule has 2 aliphatic heterocycles. The highest BCUT2D eigenvalue weighted by Gasteiger charge is 2.41. The standard InChI is InChI=1S/C22H30N4/c1-18(2)20-7-5-19(6-8-20)15-25-14-10-22(16-25)9-3-13-26(17-22)21-23-11-4-12-24-21/h4-8,11-12,18H,3,9-10,13-17H2,1-2H3/t22-/m1/s1. The van der Waals surface area contributed by atoms with Crippen molar-refractivity contribution in [3.8, 4) is 0 Å². The van der Waals surface area contributed by atoms with Crippen LogP contribution < -0.4 is 4.90 Å². The zero-order valence-corrected chi connectivity index (χ0v) is 16.1. The zero-order valence-electron chi connectivity index (χ0n) is 16.1. The lowest BCUT2D eigenvalue weighted by atomic mass is 9.79. The molecule has 0 radical (unpaired) electrons. The number of hydrogen-bond acceptors (Lipinski definition) is 4. The van der Waals surface area contributed by atoms with E-state index in [2.05, 4.69) is 57.9 Å². The summed E-state index contributed by atoms with van der Waals surface area (Å²) in [4.78, 5) is 14.0. The van der Waals surface area contributed by atoms with Crippen molar-refractivity contribution in [2.24, 2.45) is 5.41 Å². The lowest BCUT2D eigenvalue weighted by molar-refractivity contribution is 0.215. The zero-order chi connectivity index (χ0) is 18.0. The summed E-state index contributed by atoms with van der Waals surface area (Å²) in [6.07, 6.45) is 7.57. The van der Waals surface area contributed by atoms with Crippen molar-refractivity contribution in [3.05, 3.63) is 53.9 Å². The van der Waals surface area contributed by atoms with Crippen molar-refractivity contribution in [2.75, 3.05) is 31.1 Å². The van der Waals surface area contributed by atoms with E-state index in [1.54, 1.807) is 0 Å². The highest BCUT2D eigenvalue weighted by atomic mass is 15.3. The molecule has 4 rings (SSSR count). The number of aromatic nitrogens is 2. The van der Waals surface area contributed by atoms with Crippen molar-refractivity contribution in [2.45, 2.75) is 45.6 Å². The number of nitrogens with zero attached hydrogens (tertiary/aromatic N) is 4. The van der Waals surface area contributed by atoms with Crippen LogP contribution in [0.1, 0.15) is 50.2 Å². The van der Waals surface area contributed by atoms with Crippen LogP contribution in [0, 0.1) is 5.41 Å². The summed E-state index contributed by atoms with van der Waals surface area (Å²) in [7, 11) is 0. The van der Waals surface area contributed by atoms with Crippen LogP contribution in [0.25, 0.3) is 0 Å². The van der Waals surface area contributed by atoms with Gasteiger partial charge in [-0.25, -0.2) is 9.97 Å². The Hall–Kier alpha value is -1.94. The Morgan fingerprint density at radius 2 is 1.77 bits per heavy atom. The summed E-state index contributed by atoms with van der Waals surface area (Å²) in [5.74, 6) is 1.50. The first-order valence-electron chi connectivity index (χ1n) is 9.97. The maximum Gasteiger partial charge on any atom is 0.225 e. The number of rotatable bonds is 4. The molecule has 0 aliphatic carbocycles. The second-order valence-electron chi connectivity index (χ2n) is 8.43. The van der Waals surface area contributed by atoms with Crippen LogP contribution in [-0.2, 0) is 6.54 Å². The normalized spacial score (nSPS) is 23.9. The molecule has 138 valence electrons. The molecular formula is C22H30N4. The van der Waals surface area contributed by atoms with Gasteiger partial charge < -0.3 is 4.90 Å². The molecule has 0 N–H and O–H groups in total. The van der Waals surface area contributed by atoms with E-state index in [-0.39, 0.29) is 0 Å². The third-order valence-corrected chi connectivity index (χ3v) is 6.07. The van der Waals surface area contributed by atoms with Gasteiger partial charge in [-0.3, -0.25) is 4.90 Å². The molecule has 4 nitrogen and oxygen atoms in total. The monoisotopic (exact) mass is 350 g/mol. The summed E-state index contributed by atoms with van der Waals surface area (Å²) in [5, 5.41) is 0. The Bertz CT molecular complexity index is 713. The fourth-order valence-corrected chi connectivity index (χ4v) is 4.60. The van der Waals surface area contributed by atoms with Gasteiger partial charge in [0.05, 0.1) is 0 Å². The van der Waals surface area contributed by atoms with Gasteiger partial charge in [0.15, 0.2) is 0 Å². The molecule has 0 saturated carbocycles. The van der Waals surface area contributed by atoms with Crippen molar-refractivity contribution in [1.29, 1.82) is 0 Å². The molecule has 2 aliphatic rings. The van der Waals surface area contributed by atoms with Gasteiger partial charge in [-0.2, -0.15) is 0 Å². The van der Waals surface area contributed by atoms with Gasteiger partial charge in [-0.05, 0) is 48.9 Å². The predicted molar refractivity (Wildman–Crippen MR) is 106 cm³/mol. The molecule has 0 bridgehead atoms. The van der Waals surface area contributed by atoms with Crippen LogP contribution in [0.4, 0.5) is 5.95 Å². The molecular weight excluding hydrogens is 320 g/mol. The average Bonchev–Trinajstić information content (AvgIpc) is 3.04. The molecule has 1 aromatic heterocycles. The molecule has 2 aromatic rings. The number of benzene rings is 1. The number of likely N-dealkylation sites (tertiary alicyclic amines) is 1. The van der Waals surface area contributed by atoms with E-state index < -0.39 is 0 Å². The number of hydrogen-bond donors (Lipinski definition) is 0. The Morgan fingerprint density at radius 3 is 2.50 bits per heavy atom. The Morgan fingerprint density at radius 1 is 1.00 bits per heavy atom. The molecule has 1 atom stereocenters. The highest BCUT2D eigenvalue weighted by Crippen LogP contribution is 2.40. The van der Waals surface area contributed by atoms with Gasteiger partial charge in [0.2, 0.25) is 5.95 Å². The summed E-state index contributed by atoms with van der Waals surface area (Å²) >= 11 is 0. The van der Waals surface area contributed by atoms with Crippen LogP contribution in [0.2, 0.25) is 0 Å². The van der Waals surface area contributed by atoms with Crippen molar-refractivity contribution < 1.29 is 0 Å². The lowest BCUT2D eigenvalue weighted by Crippen LogP contribution is -2.45. The van der Waals surface area contributed by atoms with E-state index >= 15 is 0 Å². The smallest absolute Gasteiger partial charge is 0.225 e. The minimum Gasteiger partial charge on any atom is -0.340 e. The van der Waals surface area contributed by atoms with E-state index in [1.165, 1.54) is 43.5 Å². The maximum atomic E-state index is 4.47. The summed E-state index contributed by atoms with van der Waals surface area (Å²) in [6, 6.07) is 11.1. The minimum atomic E-state index is 0.412. The van der Waals surface area contributed by atoms with Gasteiger partial charge >= 0.3 is 0 Å². The van der Waals surface area contributed by atoms with E-state index in [4.69, 9.17) is 0 Å². The van der Waals surface area contributed by atoms with Gasteiger partial charge in [-0.1, -0.05) is 38.1 Å². The Kier molecular flexibility index (Phi) is 4.94. The van der Waals surface area contributed by atoms with E-state index in [1.807, 2.05) is 18.5 Å². The van der Waals surface area contributed by atoms with Crippen LogP contribution in [0.15, 0.2) is 42.7 Å². The molecule has 0 unspecified atom stereocenters. The molecule has 1 spiro atoms. The highest BCUT2D eigenvalue weighted by molar-refractivity contribution is 5.31. The molecule has 0 amide bonds. The van der Waals surface area contributed by atoms with Crippen molar-refractivity contribution in [3.63, 3.8) is 0 Å². The second kappa shape index (κ2) is 7.36. The van der Waals surface area contributed by atoms with Crippen LogP contribution in [-0.4, -0.2) is 41.0 Å². The minimum absolute atomic E-state index is 0.412. The van der Waals surface area contributed by atoms with Crippen LogP contribution >= 0.6 is 0 Å². The first kappa shape index (κ1) is 17.5. The molecule has 1 aromatic carbocycles. The molecule has 26 heavy (non-hydrogen) atoms. The molecule has 2 saturated heterocycles. The predicted octanol–water partition coefficient (Wildman–Crippen LogP) is 4.09. The van der Waals surface area contributed by atoms with Gasteiger partial charge in [0, 0.05) is 44.0 Å². The van der Waals surface area contributed by atoms with Crippen LogP contribution in [0.5, 0.6) is 0 Å². The third-order valence-electron chi connectivity index (χ3n) is 6.07. The topological polar surface area (TPSA) is 32.3 Å². The second-order valence-corrected chi connectivity index (χ2v) is 8.43. The molecule has 4 heteroatoms. The van der Waals surface area contributed by atoms with Crippen molar-refractivity contribution in [1.82, 2.24) is 14.9 Å². The summed E-state index contributed by atoms with van der Waals surface area (Å²) in [6.45, 7) is 10.2. The fraction of sp³-hybridized carbons (Fsp3) is 0.545. The molecule has 2 fully saturated rings. The van der Waals surface area contributed by atoms with Crippen LogP contribution in [0.3, 0.4) is 0 Å². The van der Waals surface area contributed by atoms with E-state index in [9.17, 15) is 0 Å². The van der Waals surface area contributed by atoms with Gasteiger partial charge in [0.25, 0.3) is 0 Å². The number of piperidine rings is 1. The van der Waals surface area contributed by atoms with E-state index in [0.717, 1.165) is 25.6 Å². The van der Waals surface area contributed by atoms with Gasteiger partial charge in [0.1, 0.15) is 0 Å². The fourth-order valence-electron chi connectivity index (χ4n) is 4.60. The Labute approximate surface area is 157 Å². The van der Waals surface area contributed by atoms with Gasteiger partial charge in [-0.15, -0.1) is 0 Å². The van der Waals surface area contributed by atoms with Crippen molar-refractivity contribution >= 4 is 5.95 Å². The largest absolute Gasteiger partial charge is 0.340 e. The molecule has 3 heterocycles. The number of anilines is 1. The Balaban J connectivity index is 1.39. The average molecular weight is 351 g/mol. The summed E-state index contributed by atoms with van der Waals surface area (Å²) < 4.78 is 0.